The number of nitrogen functional groups attached to an aromatic ring is 1. The maximum atomic E-state index is 16.3. The Labute approximate surface area is 235 Å². The summed E-state index contributed by atoms with van der Waals surface area (Å²) in [4.78, 5) is 24.8. The minimum absolute atomic E-state index is 0.0970. The van der Waals surface area contributed by atoms with Gasteiger partial charge in [-0.3, -0.25) is 13.9 Å². The summed E-state index contributed by atoms with van der Waals surface area (Å²) in [5, 5.41) is 16.4. The van der Waals surface area contributed by atoms with Crippen molar-refractivity contribution in [2.45, 2.75) is 57.0 Å². The van der Waals surface area contributed by atoms with Crippen molar-refractivity contribution in [1.29, 1.82) is 0 Å². The van der Waals surface area contributed by atoms with E-state index in [2.05, 4.69) is 31.9 Å². The highest BCUT2D eigenvalue weighted by molar-refractivity contribution is 7.52. The van der Waals surface area contributed by atoms with Crippen molar-refractivity contribution >= 4 is 36.6 Å². The van der Waals surface area contributed by atoms with Gasteiger partial charge in [-0.05, 0) is 39.0 Å². The number of nitrogens with two attached hydrogens (primary N) is 1. The van der Waals surface area contributed by atoms with Crippen molar-refractivity contribution < 1.29 is 37.4 Å². The minimum Gasteiger partial charge on any atom is -0.462 e. The largest absolute Gasteiger partial charge is 0.462 e. The number of hydrogen-bond acceptors (Lipinski definition) is 12. The number of benzene rings is 1. The Morgan fingerprint density at radius 3 is 2.68 bits per heavy atom. The van der Waals surface area contributed by atoms with Gasteiger partial charge >= 0.3 is 13.7 Å². The van der Waals surface area contributed by atoms with Gasteiger partial charge in [0.05, 0.1) is 19.0 Å². The third-order valence-corrected chi connectivity index (χ3v) is 7.81. The number of halogens is 1. The number of rotatable bonds is 12. The first kappa shape index (κ1) is 30.3. The van der Waals surface area contributed by atoms with Crippen LogP contribution in [0.3, 0.4) is 0 Å². The number of nitrogens with one attached hydrogen (secondary N) is 2. The van der Waals surface area contributed by atoms with Crippen LogP contribution < -0.4 is 20.7 Å². The van der Waals surface area contributed by atoms with E-state index in [4.69, 9.17) is 24.3 Å². The van der Waals surface area contributed by atoms with Crippen LogP contribution in [-0.2, 0) is 23.4 Å². The van der Waals surface area contributed by atoms with Crippen molar-refractivity contribution in [3.8, 4) is 5.75 Å². The summed E-state index contributed by atoms with van der Waals surface area (Å²) < 4.78 is 53.6. The van der Waals surface area contributed by atoms with Gasteiger partial charge in [-0.2, -0.15) is 15.1 Å². The van der Waals surface area contributed by atoms with E-state index in [1.165, 1.54) is 30.0 Å². The Balaban J connectivity index is 1.59. The number of ether oxygens (including phenoxy) is 2. The molecule has 0 aliphatic carbocycles. The Hall–Kier alpha value is -3.62. The fourth-order valence-corrected chi connectivity index (χ4v) is 5.69. The van der Waals surface area contributed by atoms with Crippen molar-refractivity contribution in [3.05, 3.63) is 49.3 Å². The van der Waals surface area contributed by atoms with E-state index < -0.39 is 56.6 Å². The first-order valence-corrected chi connectivity index (χ1v) is 14.3. The van der Waals surface area contributed by atoms with Gasteiger partial charge in [0, 0.05) is 7.05 Å². The second kappa shape index (κ2) is 12.1. The molecule has 1 aromatic carbocycles. The molecule has 41 heavy (non-hydrogen) atoms. The number of imidazole rings is 1. The fraction of sp³-hybridized carbons (Fsp3) is 0.440. The molecule has 0 amide bonds. The molecule has 16 heteroatoms. The minimum atomic E-state index is -4.31. The molecule has 5 N–H and O–H groups in total. The SMILES string of the molecule is C=C[C@@]1(F)[C@H](O)[C@@H](CO[P@](=O)(NC(C)C(=O)OC(C)C)Oc2ccccc2)O[C@H]1n1cnc2c(NC)nc(N)nc21. The number of esters is 1. The van der Waals surface area contributed by atoms with Crippen LogP contribution in [0.1, 0.15) is 27.0 Å². The van der Waals surface area contributed by atoms with E-state index >= 15 is 4.39 Å². The van der Waals surface area contributed by atoms with Gasteiger partial charge in [0.1, 0.15) is 24.0 Å². The summed E-state index contributed by atoms with van der Waals surface area (Å²) in [5.74, 6) is -0.309. The molecule has 1 saturated heterocycles. The number of fused-ring (bicyclic) bond motifs is 1. The molecule has 222 valence electrons. The Bertz CT molecular complexity index is 1440. The van der Waals surface area contributed by atoms with Crippen LogP contribution in [0.5, 0.6) is 5.75 Å². The lowest BCUT2D eigenvalue weighted by Gasteiger charge is -2.26. The lowest BCUT2D eigenvalue weighted by molar-refractivity contribution is -0.149. The highest BCUT2D eigenvalue weighted by Crippen LogP contribution is 2.48. The van der Waals surface area contributed by atoms with Crippen LogP contribution in [0.25, 0.3) is 11.2 Å². The van der Waals surface area contributed by atoms with Gasteiger partial charge in [0.2, 0.25) is 11.6 Å². The van der Waals surface area contributed by atoms with Crippen LogP contribution in [0, 0.1) is 0 Å². The third kappa shape index (κ3) is 6.34. The zero-order valence-electron chi connectivity index (χ0n) is 22.9. The molecular formula is C25H33FN7O7P. The van der Waals surface area contributed by atoms with E-state index in [0.717, 1.165) is 6.08 Å². The first-order valence-electron chi connectivity index (χ1n) is 12.7. The molecule has 0 saturated carbocycles. The smallest absolute Gasteiger partial charge is 0.459 e. The number of alkyl halides is 1. The Morgan fingerprint density at radius 2 is 2.05 bits per heavy atom. The number of anilines is 2. The molecule has 3 heterocycles. The molecule has 1 aliphatic rings. The van der Waals surface area contributed by atoms with E-state index in [1.807, 2.05) is 0 Å². The Kier molecular flexibility index (Phi) is 8.94. The summed E-state index contributed by atoms with van der Waals surface area (Å²) in [6.07, 6.45) is -2.93. The third-order valence-electron chi connectivity index (χ3n) is 6.16. The van der Waals surface area contributed by atoms with Gasteiger partial charge in [-0.15, -0.1) is 0 Å². The molecule has 6 atom stereocenters. The van der Waals surface area contributed by atoms with Gasteiger partial charge in [-0.25, -0.2) is 13.9 Å². The van der Waals surface area contributed by atoms with Crippen LogP contribution >= 0.6 is 7.75 Å². The number of para-hydroxylation sites is 1. The summed E-state index contributed by atoms with van der Waals surface area (Å²) >= 11 is 0. The molecule has 1 fully saturated rings. The van der Waals surface area contributed by atoms with Crippen molar-refractivity contribution in [2.24, 2.45) is 0 Å². The summed E-state index contributed by atoms with van der Waals surface area (Å²) in [6.45, 7) is 7.69. The maximum Gasteiger partial charge on any atom is 0.459 e. The average Bonchev–Trinajstić information content (AvgIpc) is 3.45. The lowest BCUT2D eigenvalue weighted by atomic mass is 9.96. The monoisotopic (exact) mass is 593 g/mol. The summed E-state index contributed by atoms with van der Waals surface area (Å²) in [6, 6.07) is 6.99. The van der Waals surface area contributed by atoms with E-state index in [9.17, 15) is 14.5 Å². The zero-order chi connectivity index (χ0) is 29.9. The predicted octanol–water partition coefficient (Wildman–Crippen LogP) is 2.74. The molecule has 1 unspecified atom stereocenters. The number of hydrogen-bond donors (Lipinski definition) is 4. The molecule has 1 aliphatic heterocycles. The van der Waals surface area contributed by atoms with Gasteiger partial charge in [-0.1, -0.05) is 24.8 Å². The highest BCUT2D eigenvalue weighted by atomic mass is 31.2. The normalized spacial score (nSPS) is 24.6. The van der Waals surface area contributed by atoms with Crippen LogP contribution in [0.15, 0.2) is 49.3 Å². The molecule has 3 aromatic rings. The topological polar surface area (TPSA) is 185 Å². The number of carbonyl (C=O) groups excluding carboxylic acids is 1. The van der Waals surface area contributed by atoms with Crippen molar-refractivity contribution in [3.63, 3.8) is 0 Å². The van der Waals surface area contributed by atoms with Gasteiger partial charge < -0.3 is 30.2 Å². The number of aromatic nitrogens is 4. The summed E-state index contributed by atoms with van der Waals surface area (Å²) in [7, 11) is -2.70. The maximum absolute atomic E-state index is 16.3. The summed E-state index contributed by atoms with van der Waals surface area (Å²) in [5.41, 5.74) is 3.70. The molecule has 0 radical (unpaired) electrons. The molecule has 0 spiro atoms. The van der Waals surface area contributed by atoms with E-state index in [-0.39, 0.29) is 22.9 Å². The quantitative estimate of drug-likeness (QED) is 0.137. The second-order valence-electron chi connectivity index (χ2n) is 9.54. The molecular weight excluding hydrogens is 560 g/mol. The van der Waals surface area contributed by atoms with Crippen LogP contribution in [-0.4, -0.2) is 74.3 Å². The molecule has 14 nitrogen and oxygen atoms in total. The van der Waals surface area contributed by atoms with Crippen molar-refractivity contribution in [1.82, 2.24) is 24.6 Å². The van der Waals surface area contributed by atoms with Crippen LogP contribution in [0.2, 0.25) is 0 Å². The highest BCUT2D eigenvalue weighted by Gasteiger charge is 2.57. The second-order valence-corrected chi connectivity index (χ2v) is 11.2. The van der Waals surface area contributed by atoms with Crippen molar-refractivity contribution in [2.75, 3.05) is 24.7 Å². The van der Waals surface area contributed by atoms with E-state index in [1.54, 1.807) is 39.1 Å². The molecule has 0 bridgehead atoms. The Morgan fingerprint density at radius 1 is 1.34 bits per heavy atom. The first-order chi connectivity index (χ1) is 19.4. The van der Waals surface area contributed by atoms with Gasteiger partial charge in [0.25, 0.3) is 0 Å². The van der Waals surface area contributed by atoms with Gasteiger partial charge in [0.15, 0.2) is 23.2 Å². The zero-order valence-corrected chi connectivity index (χ0v) is 23.8. The molecule has 4 rings (SSSR count). The fourth-order valence-electron chi connectivity index (χ4n) is 4.19. The average molecular weight is 594 g/mol. The van der Waals surface area contributed by atoms with Crippen LogP contribution in [0.4, 0.5) is 16.2 Å². The van der Waals surface area contributed by atoms with E-state index in [0.29, 0.717) is 5.82 Å². The lowest BCUT2D eigenvalue weighted by Crippen LogP contribution is -2.42. The predicted molar refractivity (Wildman–Crippen MR) is 148 cm³/mol. The molecule has 2 aromatic heterocycles. The standard InChI is InChI=1S/C25H33FN7O7P/c1-6-25(26)19(34)17(39-23(25)33-13-29-18-20(28-5)30-24(27)31-21(18)33)12-37-41(36,40-16-10-8-7-9-11-16)32-15(4)22(35)38-14(2)3/h6-11,13-15,17,19,23,34H,1,12H2,2-5H3,(H,32,36)(H3,27,28,30,31)/t15?,17-,19-,23-,25-,41-/m1/s1. The number of carbonyl (C=O) groups is 1. The number of nitrogens with zero attached hydrogens (tertiary/aromatic N) is 4. The number of aliphatic hydroxyl groups excluding tert-OH is 1. The number of aliphatic hydroxyl groups is 1.